The van der Waals surface area contributed by atoms with Gasteiger partial charge in [-0.1, -0.05) is 24.3 Å². The Morgan fingerprint density at radius 3 is 2.70 bits per heavy atom. The predicted octanol–water partition coefficient (Wildman–Crippen LogP) is 1.42. The van der Waals surface area contributed by atoms with E-state index in [1.165, 1.54) is 12.4 Å². The third-order valence-corrected chi connectivity index (χ3v) is 4.18. The Kier molecular flexibility index (Phi) is 4.89. The summed E-state index contributed by atoms with van der Waals surface area (Å²) in [7, 11) is -3.54. The van der Waals surface area contributed by atoms with Crippen LogP contribution in [0.3, 0.4) is 0 Å². The van der Waals surface area contributed by atoms with Gasteiger partial charge in [0.15, 0.2) is 0 Å². The molecule has 1 aromatic heterocycles. The minimum Gasteiger partial charge on any atom is -0.377 e. The van der Waals surface area contributed by atoms with Crippen LogP contribution in [0.1, 0.15) is 18.1 Å². The number of aromatic nitrogens is 2. The molecule has 108 valence electrons. The Labute approximate surface area is 118 Å². The molecule has 0 amide bonds. The van der Waals surface area contributed by atoms with Crippen LogP contribution in [0.2, 0.25) is 0 Å². The highest BCUT2D eigenvalue weighted by molar-refractivity contribution is 7.89. The quantitative estimate of drug-likeness (QED) is 0.809. The molecule has 0 radical (unpaired) electrons. The van der Waals surface area contributed by atoms with Crippen molar-refractivity contribution in [1.82, 2.24) is 14.9 Å². The molecule has 0 fully saturated rings. The molecule has 0 unspecified atom stereocenters. The normalized spacial score (nSPS) is 11.7. The van der Waals surface area contributed by atoms with Crippen LogP contribution < -0.4 is 4.72 Å². The van der Waals surface area contributed by atoms with Gasteiger partial charge in [0.2, 0.25) is 10.0 Å². The molecule has 20 heavy (non-hydrogen) atoms. The highest BCUT2D eigenvalue weighted by atomic mass is 32.2. The van der Waals surface area contributed by atoms with Gasteiger partial charge < -0.3 is 4.74 Å². The van der Waals surface area contributed by atoms with Crippen LogP contribution in [0, 0.1) is 0 Å². The van der Waals surface area contributed by atoms with E-state index < -0.39 is 10.0 Å². The minimum atomic E-state index is -3.54. The van der Waals surface area contributed by atoms with E-state index in [1.807, 2.05) is 31.2 Å². The molecule has 0 aliphatic carbocycles. The molecule has 0 aliphatic rings. The van der Waals surface area contributed by atoms with Crippen LogP contribution in [0.25, 0.3) is 0 Å². The molecule has 0 aliphatic heterocycles. The van der Waals surface area contributed by atoms with E-state index in [-0.39, 0.29) is 11.4 Å². The first-order valence-electron chi connectivity index (χ1n) is 6.26. The summed E-state index contributed by atoms with van der Waals surface area (Å²) in [6, 6.07) is 7.59. The van der Waals surface area contributed by atoms with Crippen LogP contribution in [-0.2, 0) is 27.9 Å². The smallest absolute Gasteiger partial charge is 0.243 e. The Balaban J connectivity index is 2.07. The van der Waals surface area contributed by atoms with E-state index in [0.29, 0.717) is 13.2 Å². The fourth-order valence-electron chi connectivity index (χ4n) is 1.72. The summed E-state index contributed by atoms with van der Waals surface area (Å²) in [5.41, 5.74) is 1.87. The molecule has 2 rings (SSSR count). The molecule has 2 aromatic rings. The van der Waals surface area contributed by atoms with Gasteiger partial charge in [-0.15, -0.1) is 0 Å². The highest BCUT2D eigenvalue weighted by Crippen LogP contribution is 2.12. The third kappa shape index (κ3) is 3.66. The summed E-state index contributed by atoms with van der Waals surface area (Å²) < 4.78 is 31.9. The Hall–Kier alpha value is -1.70. The van der Waals surface area contributed by atoms with E-state index in [4.69, 9.17) is 4.74 Å². The summed E-state index contributed by atoms with van der Waals surface area (Å²) >= 11 is 0. The predicted molar refractivity (Wildman–Crippen MR) is 74.4 cm³/mol. The first-order chi connectivity index (χ1) is 9.63. The van der Waals surface area contributed by atoms with E-state index in [1.54, 1.807) is 0 Å². The van der Waals surface area contributed by atoms with Crippen LogP contribution in [0.4, 0.5) is 0 Å². The average molecular weight is 295 g/mol. The molecule has 2 N–H and O–H groups in total. The molecule has 7 heteroatoms. The number of sulfonamides is 1. The van der Waals surface area contributed by atoms with Crippen molar-refractivity contribution < 1.29 is 13.2 Å². The second-order valence-electron chi connectivity index (χ2n) is 4.16. The number of ether oxygens (including phenoxy) is 1. The zero-order valence-electron chi connectivity index (χ0n) is 11.2. The Morgan fingerprint density at radius 1 is 1.30 bits per heavy atom. The van der Waals surface area contributed by atoms with E-state index >= 15 is 0 Å². The number of benzene rings is 1. The summed E-state index contributed by atoms with van der Waals surface area (Å²) in [4.78, 5) is 0.125. The summed E-state index contributed by atoms with van der Waals surface area (Å²) in [6.45, 7) is 3.23. The Bertz CT molecular complexity index is 639. The fraction of sp³-hybridized carbons (Fsp3) is 0.308. The van der Waals surface area contributed by atoms with Crippen molar-refractivity contribution in [3.8, 4) is 0 Å². The van der Waals surface area contributed by atoms with Crippen LogP contribution in [0.5, 0.6) is 0 Å². The van der Waals surface area contributed by atoms with Crippen molar-refractivity contribution in [2.24, 2.45) is 0 Å². The second-order valence-corrected chi connectivity index (χ2v) is 5.93. The van der Waals surface area contributed by atoms with E-state index in [9.17, 15) is 8.42 Å². The molecule has 0 bridgehead atoms. The topological polar surface area (TPSA) is 84.1 Å². The number of H-pyrrole nitrogens is 1. The number of rotatable bonds is 7. The lowest BCUT2D eigenvalue weighted by Gasteiger charge is -2.10. The molecule has 0 saturated heterocycles. The van der Waals surface area contributed by atoms with Crippen molar-refractivity contribution >= 4 is 10.0 Å². The summed E-state index contributed by atoms with van der Waals surface area (Å²) in [6.07, 6.45) is 2.61. The lowest BCUT2D eigenvalue weighted by atomic mass is 10.1. The highest BCUT2D eigenvalue weighted by Gasteiger charge is 2.15. The molecule has 1 aromatic carbocycles. The van der Waals surface area contributed by atoms with Crippen molar-refractivity contribution in [3.05, 3.63) is 47.8 Å². The first kappa shape index (κ1) is 14.7. The monoisotopic (exact) mass is 295 g/mol. The number of hydrogen-bond donors (Lipinski definition) is 2. The second kappa shape index (κ2) is 6.65. The molecular formula is C13H17N3O3S. The molecule has 0 atom stereocenters. The number of nitrogens with one attached hydrogen (secondary N) is 2. The van der Waals surface area contributed by atoms with Gasteiger partial charge in [0.25, 0.3) is 0 Å². The van der Waals surface area contributed by atoms with Gasteiger partial charge in [0.1, 0.15) is 4.90 Å². The van der Waals surface area contributed by atoms with Gasteiger partial charge in [-0.2, -0.15) is 5.10 Å². The van der Waals surface area contributed by atoms with Gasteiger partial charge in [-0.05, 0) is 18.1 Å². The van der Waals surface area contributed by atoms with Gasteiger partial charge in [0, 0.05) is 19.3 Å². The maximum absolute atomic E-state index is 12.0. The zero-order valence-corrected chi connectivity index (χ0v) is 12.0. The van der Waals surface area contributed by atoms with Gasteiger partial charge >= 0.3 is 0 Å². The van der Waals surface area contributed by atoms with Crippen molar-refractivity contribution in [1.29, 1.82) is 0 Å². The maximum atomic E-state index is 12.0. The van der Waals surface area contributed by atoms with Gasteiger partial charge in [0.05, 0.1) is 12.8 Å². The Morgan fingerprint density at radius 2 is 2.05 bits per heavy atom. The van der Waals surface area contributed by atoms with Gasteiger partial charge in [-0.25, -0.2) is 13.1 Å². The largest absolute Gasteiger partial charge is 0.377 e. The molecule has 0 saturated carbocycles. The minimum absolute atomic E-state index is 0.125. The number of hydrogen-bond acceptors (Lipinski definition) is 4. The number of nitrogens with zero attached hydrogens (tertiary/aromatic N) is 1. The summed E-state index contributed by atoms with van der Waals surface area (Å²) in [5, 5.41) is 6.12. The van der Waals surface area contributed by atoms with Gasteiger partial charge in [-0.3, -0.25) is 5.10 Å². The molecule has 1 heterocycles. The summed E-state index contributed by atoms with van der Waals surface area (Å²) in [5.74, 6) is 0. The van der Waals surface area contributed by atoms with Crippen LogP contribution in [0.15, 0.2) is 41.6 Å². The standard InChI is InChI=1S/C13H17N3O3S/c1-2-19-10-12-6-4-3-5-11(12)7-16-20(17,18)13-8-14-15-9-13/h3-6,8-9,16H,2,7,10H2,1H3,(H,14,15). The number of aromatic amines is 1. The van der Waals surface area contributed by atoms with E-state index in [0.717, 1.165) is 11.1 Å². The average Bonchev–Trinajstić information content (AvgIpc) is 2.99. The van der Waals surface area contributed by atoms with Crippen LogP contribution >= 0.6 is 0 Å². The SMILES string of the molecule is CCOCc1ccccc1CNS(=O)(=O)c1cn[nH]c1. The van der Waals surface area contributed by atoms with Crippen LogP contribution in [-0.4, -0.2) is 25.2 Å². The van der Waals surface area contributed by atoms with Crippen molar-refractivity contribution in [2.75, 3.05) is 6.61 Å². The maximum Gasteiger partial charge on any atom is 0.243 e. The lowest BCUT2D eigenvalue weighted by molar-refractivity contribution is 0.133. The molecule has 0 spiro atoms. The zero-order chi connectivity index (χ0) is 14.4. The van der Waals surface area contributed by atoms with E-state index in [2.05, 4.69) is 14.9 Å². The van der Waals surface area contributed by atoms with Crippen molar-refractivity contribution in [3.63, 3.8) is 0 Å². The third-order valence-electron chi connectivity index (χ3n) is 2.82. The molecule has 6 nitrogen and oxygen atoms in total. The molecular weight excluding hydrogens is 278 g/mol. The first-order valence-corrected chi connectivity index (χ1v) is 7.75. The fourth-order valence-corrected chi connectivity index (χ4v) is 2.64. The van der Waals surface area contributed by atoms with Crippen molar-refractivity contribution in [2.45, 2.75) is 25.0 Å². The lowest BCUT2D eigenvalue weighted by Crippen LogP contribution is -2.23.